The van der Waals surface area contributed by atoms with Crippen molar-refractivity contribution in [3.63, 3.8) is 0 Å². The number of hydrogen-bond acceptors (Lipinski definition) is 2. The second kappa shape index (κ2) is 2.92. The molecule has 0 saturated heterocycles. The number of thioether (sulfide) groups is 1. The van der Waals surface area contributed by atoms with Crippen LogP contribution in [0.5, 0.6) is 0 Å². The van der Waals surface area contributed by atoms with Gasteiger partial charge < -0.3 is 5.73 Å². The lowest BCUT2D eigenvalue weighted by molar-refractivity contribution is 0.884. The summed E-state index contributed by atoms with van der Waals surface area (Å²) in [5.74, 6) is 0.487. The van der Waals surface area contributed by atoms with E-state index in [1.807, 2.05) is 23.9 Å². The van der Waals surface area contributed by atoms with Crippen LogP contribution < -0.4 is 5.73 Å². The van der Waals surface area contributed by atoms with Gasteiger partial charge in [-0.05, 0) is 17.7 Å². The molecule has 70 valence electrons. The van der Waals surface area contributed by atoms with Gasteiger partial charge >= 0.3 is 0 Å². The van der Waals surface area contributed by atoms with Crippen LogP contribution in [0.1, 0.15) is 11.5 Å². The molecule has 2 atom stereocenters. The fraction of sp³-hybridized carbons (Fsp3) is 0.167. The van der Waals surface area contributed by atoms with Gasteiger partial charge in [0.25, 0.3) is 0 Å². The van der Waals surface area contributed by atoms with Crippen LogP contribution in [-0.2, 0) is 0 Å². The molecule has 3 rings (SSSR count). The van der Waals surface area contributed by atoms with E-state index in [1.165, 1.54) is 10.5 Å². The van der Waals surface area contributed by atoms with E-state index in [1.54, 1.807) is 0 Å². The van der Waals surface area contributed by atoms with Crippen molar-refractivity contribution in [2.24, 2.45) is 0 Å². The van der Waals surface area contributed by atoms with Crippen LogP contribution in [0.4, 0.5) is 5.69 Å². The van der Waals surface area contributed by atoms with Crippen molar-refractivity contribution in [3.05, 3.63) is 48.1 Å². The fourth-order valence-electron chi connectivity index (χ4n) is 2.13. The van der Waals surface area contributed by atoms with Crippen LogP contribution in [0.2, 0.25) is 0 Å². The first-order valence-electron chi connectivity index (χ1n) is 4.76. The molecule has 1 heterocycles. The maximum atomic E-state index is 6.01. The van der Waals surface area contributed by atoms with Crippen molar-refractivity contribution in [3.8, 4) is 0 Å². The zero-order chi connectivity index (χ0) is 9.54. The Hall–Kier alpha value is -1.15. The largest absolute Gasteiger partial charge is 0.398 e. The molecule has 0 amide bonds. The van der Waals surface area contributed by atoms with Crippen LogP contribution in [0.15, 0.2) is 47.4 Å². The van der Waals surface area contributed by atoms with E-state index in [-0.39, 0.29) is 0 Å². The van der Waals surface area contributed by atoms with E-state index in [0.29, 0.717) is 11.2 Å². The number of hydrogen-bond donors (Lipinski definition) is 1. The monoisotopic (exact) mass is 201 g/mol. The Morgan fingerprint density at radius 3 is 2.93 bits per heavy atom. The summed E-state index contributed by atoms with van der Waals surface area (Å²) >= 11 is 1.92. The highest BCUT2D eigenvalue weighted by Crippen LogP contribution is 2.49. The molecule has 14 heavy (non-hydrogen) atoms. The smallest absolute Gasteiger partial charge is 0.0382 e. The number of nitrogens with two attached hydrogens (primary N) is 1. The minimum atomic E-state index is 0.487. The summed E-state index contributed by atoms with van der Waals surface area (Å²) in [6.07, 6.45) is 8.74. The third kappa shape index (κ3) is 1.04. The highest BCUT2D eigenvalue weighted by atomic mass is 32.2. The lowest BCUT2D eigenvalue weighted by Crippen LogP contribution is -2.08. The molecule has 2 N–H and O–H groups in total. The summed E-state index contributed by atoms with van der Waals surface area (Å²) in [6.45, 7) is 0. The summed E-state index contributed by atoms with van der Waals surface area (Å²) in [7, 11) is 0. The Kier molecular flexibility index (Phi) is 1.71. The molecule has 2 heteroatoms. The van der Waals surface area contributed by atoms with E-state index >= 15 is 0 Å². The quantitative estimate of drug-likeness (QED) is 0.653. The van der Waals surface area contributed by atoms with Gasteiger partial charge in [0.2, 0.25) is 0 Å². The van der Waals surface area contributed by atoms with E-state index in [9.17, 15) is 0 Å². The van der Waals surface area contributed by atoms with Crippen LogP contribution in [-0.4, -0.2) is 5.25 Å². The SMILES string of the molecule is Nc1cccc2c1C1C=CC=CC1S2. The molecule has 1 aliphatic heterocycles. The summed E-state index contributed by atoms with van der Waals surface area (Å²) in [5, 5.41) is 0.555. The van der Waals surface area contributed by atoms with Gasteiger partial charge in [-0.25, -0.2) is 0 Å². The molecule has 0 spiro atoms. The molecule has 1 aromatic carbocycles. The molecule has 0 radical (unpaired) electrons. The van der Waals surface area contributed by atoms with Gasteiger partial charge in [-0.3, -0.25) is 0 Å². The molecule has 0 fully saturated rings. The van der Waals surface area contributed by atoms with E-state index in [4.69, 9.17) is 5.73 Å². The molecule has 2 aliphatic rings. The Balaban J connectivity index is 2.17. The third-order valence-electron chi connectivity index (χ3n) is 2.78. The first-order chi connectivity index (χ1) is 6.86. The zero-order valence-corrected chi connectivity index (χ0v) is 8.50. The second-order valence-electron chi connectivity index (χ2n) is 3.64. The van der Waals surface area contributed by atoms with E-state index < -0.39 is 0 Å². The van der Waals surface area contributed by atoms with Gasteiger partial charge in [-0.1, -0.05) is 30.4 Å². The first kappa shape index (κ1) is 8.18. The van der Waals surface area contributed by atoms with Crippen molar-refractivity contribution >= 4 is 17.4 Å². The number of benzene rings is 1. The number of nitrogen functional groups attached to an aromatic ring is 1. The molecule has 1 nitrogen and oxygen atoms in total. The molecule has 0 bridgehead atoms. The predicted molar refractivity (Wildman–Crippen MR) is 61.5 cm³/mol. The van der Waals surface area contributed by atoms with Crippen molar-refractivity contribution < 1.29 is 0 Å². The van der Waals surface area contributed by atoms with Crippen molar-refractivity contribution in [1.82, 2.24) is 0 Å². The average molecular weight is 201 g/mol. The molecular weight excluding hydrogens is 190 g/mol. The fourth-order valence-corrected chi connectivity index (χ4v) is 3.50. The number of anilines is 1. The van der Waals surface area contributed by atoms with Gasteiger partial charge in [-0.2, -0.15) is 0 Å². The lowest BCUT2D eigenvalue weighted by Gasteiger charge is -2.15. The third-order valence-corrected chi connectivity index (χ3v) is 4.11. The Labute approximate surface area is 87.7 Å². The molecule has 0 aromatic heterocycles. The predicted octanol–water partition coefficient (Wildman–Crippen LogP) is 2.95. The highest BCUT2D eigenvalue weighted by Gasteiger charge is 2.32. The highest BCUT2D eigenvalue weighted by molar-refractivity contribution is 8.00. The van der Waals surface area contributed by atoms with Gasteiger partial charge in [-0.15, -0.1) is 11.8 Å². The van der Waals surface area contributed by atoms with Crippen molar-refractivity contribution in [1.29, 1.82) is 0 Å². The lowest BCUT2D eigenvalue weighted by atomic mass is 9.91. The molecule has 0 saturated carbocycles. The Morgan fingerprint density at radius 1 is 1.14 bits per heavy atom. The zero-order valence-electron chi connectivity index (χ0n) is 7.68. The average Bonchev–Trinajstić information content (AvgIpc) is 2.57. The molecule has 1 aromatic rings. The number of allylic oxidation sites excluding steroid dienone is 3. The van der Waals surface area contributed by atoms with Gasteiger partial charge in [0.15, 0.2) is 0 Å². The van der Waals surface area contributed by atoms with Crippen molar-refractivity contribution in [2.75, 3.05) is 5.73 Å². The Morgan fingerprint density at radius 2 is 2.00 bits per heavy atom. The Bertz CT molecular complexity index is 434. The van der Waals surface area contributed by atoms with E-state index in [0.717, 1.165) is 5.69 Å². The van der Waals surface area contributed by atoms with Gasteiger partial charge in [0.1, 0.15) is 0 Å². The molecule has 2 unspecified atom stereocenters. The summed E-state index contributed by atoms with van der Waals surface area (Å²) in [6, 6.07) is 6.19. The summed E-state index contributed by atoms with van der Waals surface area (Å²) < 4.78 is 0. The number of rotatable bonds is 0. The normalized spacial score (nSPS) is 27.4. The molecule has 1 aliphatic carbocycles. The van der Waals surface area contributed by atoms with E-state index in [2.05, 4.69) is 30.4 Å². The summed E-state index contributed by atoms with van der Waals surface area (Å²) in [5.41, 5.74) is 8.26. The van der Waals surface area contributed by atoms with Crippen LogP contribution in [0.3, 0.4) is 0 Å². The van der Waals surface area contributed by atoms with Gasteiger partial charge in [0, 0.05) is 21.8 Å². The minimum Gasteiger partial charge on any atom is -0.398 e. The maximum absolute atomic E-state index is 6.01. The van der Waals surface area contributed by atoms with Crippen LogP contribution in [0.25, 0.3) is 0 Å². The van der Waals surface area contributed by atoms with Crippen LogP contribution in [0, 0.1) is 0 Å². The van der Waals surface area contributed by atoms with Gasteiger partial charge in [0.05, 0.1) is 0 Å². The molecular formula is C12H11NS. The standard InChI is InChI=1S/C12H11NS/c13-9-5-3-7-11-12(9)8-4-1-2-6-10(8)14-11/h1-8,10H,13H2. The van der Waals surface area contributed by atoms with Crippen LogP contribution >= 0.6 is 11.8 Å². The second-order valence-corrected chi connectivity index (χ2v) is 4.86. The first-order valence-corrected chi connectivity index (χ1v) is 5.64. The van der Waals surface area contributed by atoms with Crippen molar-refractivity contribution in [2.45, 2.75) is 16.1 Å². The number of fused-ring (bicyclic) bond motifs is 3. The maximum Gasteiger partial charge on any atom is 0.0382 e. The topological polar surface area (TPSA) is 26.0 Å². The minimum absolute atomic E-state index is 0.487. The summed E-state index contributed by atoms with van der Waals surface area (Å²) in [4.78, 5) is 1.34.